The molecule has 1 aliphatic rings. The lowest BCUT2D eigenvalue weighted by Gasteiger charge is -2.12. The summed E-state index contributed by atoms with van der Waals surface area (Å²) in [6.07, 6.45) is -0.0839. The molecule has 0 saturated heterocycles. The number of fused-ring (bicyclic) bond motifs is 1. The third-order valence-electron chi connectivity index (χ3n) is 3.49. The molecule has 1 unspecified atom stereocenters. The Morgan fingerprint density at radius 3 is 2.79 bits per heavy atom. The van der Waals surface area contributed by atoms with Crippen LogP contribution in [0.25, 0.3) is 0 Å². The van der Waals surface area contributed by atoms with Gasteiger partial charge in [-0.2, -0.15) is 0 Å². The molecule has 0 aromatic heterocycles. The highest BCUT2D eigenvalue weighted by atomic mass is 35.5. The molecule has 6 nitrogen and oxygen atoms in total. The largest absolute Gasteiger partial charge is 0.480 e. The van der Waals surface area contributed by atoms with Crippen LogP contribution in [0, 0.1) is 0 Å². The van der Waals surface area contributed by atoms with Crippen molar-refractivity contribution in [3.05, 3.63) is 53.1 Å². The van der Waals surface area contributed by atoms with Gasteiger partial charge in [-0.15, -0.1) is 0 Å². The Labute approximate surface area is 143 Å². The quantitative estimate of drug-likeness (QED) is 0.868. The topological polar surface area (TPSA) is 84.9 Å². The Hall–Kier alpha value is -2.73. The van der Waals surface area contributed by atoms with Crippen LogP contribution in [0.4, 0.5) is 5.69 Å². The third-order valence-corrected chi connectivity index (χ3v) is 3.79. The number of hydrogen-bond donors (Lipinski definition) is 2. The number of carboxylic acids is 1. The number of carbonyl (C=O) groups is 2. The number of aliphatic carboxylic acids is 1. The molecule has 2 N–H and O–H groups in total. The summed E-state index contributed by atoms with van der Waals surface area (Å²) in [6, 6.07) is 12.1. The smallest absolute Gasteiger partial charge is 0.341 e. The van der Waals surface area contributed by atoms with Crippen molar-refractivity contribution in [1.29, 1.82) is 0 Å². The Bertz CT molecular complexity index is 767. The van der Waals surface area contributed by atoms with Crippen molar-refractivity contribution in [2.24, 2.45) is 0 Å². The van der Waals surface area contributed by atoms with Crippen molar-refractivity contribution >= 4 is 29.2 Å². The maximum absolute atomic E-state index is 12.3. The van der Waals surface area contributed by atoms with Gasteiger partial charge in [0.1, 0.15) is 11.5 Å². The van der Waals surface area contributed by atoms with E-state index in [9.17, 15) is 9.59 Å². The maximum atomic E-state index is 12.3. The van der Waals surface area contributed by atoms with Crippen molar-refractivity contribution in [2.45, 2.75) is 12.5 Å². The summed E-state index contributed by atoms with van der Waals surface area (Å²) < 4.78 is 10.7. The molecule has 124 valence electrons. The van der Waals surface area contributed by atoms with E-state index in [2.05, 4.69) is 5.32 Å². The highest BCUT2D eigenvalue weighted by Gasteiger charge is 2.28. The summed E-state index contributed by atoms with van der Waals surface area (Å²) in [4.78, 5) is 22.8. The number of benzene rings is 2. The predicted octanol–water partition coefficient (Wildman–Crippen LogP) is 2.75. The van der Waals surface area contributed by atoms with Crippen LogP contribution in [0.3, 0.4) is 0 Å². The zero-order chi connectivity index (χ0) is 17.1. The lowest BCUT2D eigenvalue weighted by atomic mass is 10.1. The van der Waals surface area contributed by atoms with Gasteiger partial charge in [-0.3, -0.25) is 4.79 Å². The van der Waals surface area contributed by atoms with Crippen molar-refractivity contribution in [1.82, 2.24) is 0 Å². The number of nitrogens with one attached hydrogen (secondary N) is 1. The number of carbonyl (C=O) groups excluding carboxylic acids is 1. The fourth-order valence-electron chi connectivity index (χ4n) is 2.39. The average Bonchev–Trinajstić information content (AvgIpc) is 2.98. The summed E-state index contributed by atoms with van der Waals surface area (Å²) in [5, 5.41) is 11.5. The lowest BCUT2D eigenvalue weighted by Crippen LogP contribution is -2.31. The fraction of sp³-hybridized carbons (Fsp3) is 0.176. The SMILES string of the molecule is O=C(O)COc1ccc(NC(=O)C2Cc3ccccc3O2)cc1Cl. The average molecular weight is 348 g/mol. The molecule has 1 heterocycles. The van der Waals surface area contributed by atoms with Gasteiger partial charge in [0.15, 0.2) is 12.7 Å². The molecule has 2 aromatic rings. The highest BCUT2D eigenvalue weighted by molar-refractivity contribution is 6.32. The van der Waals surface area contributed by atoms with E-state index >= 15 is 0 Å². The number of carboxylic acid groups (broad SMARTS) is 1. The Balaban J connectivity index is 1.63. The standard InChI is InChI=1S/C17H14ClNO5/c18-12-8-11(5-6-14(12)23-9-16(20)21)19-17(22)15-7-10-3-1-2-4-13(10)24-15/h1-6,8,15H,7,9H2,(H,19,22)(H,20,21). The van der Waals surface area contributed by atoms with Crippen molar-refractivity contribution in [3.63, 3.8) is 0 Å². The molecule has 1 atom stereocenters. The second kappa shape index (κ2) is 6.80. The predicted molar refractivity (Wildman–Crippen MR) is 87.8 cm³/mol. The van der Waals surface area contributed by atoms with Gasteiger partial charge in [0.25, 0.3) is 5.91 Å². The van der Waals surface area contributed by atoms with E-state index in [-0.39, 0.29) is 16.7 Å². The second-order valence-electron chi connectivity index (χ2n) is 5.24. The van der Waals surface area contributed by atoms with E-state index < -0.39 is 18.7 Å². The van der Waals surface area contributed by atoms with Crippen molar-refractivity contribution in [2.75, 3.05) is 11.9 Å². The third kappa shape index (κ3) is 3.60. The first-order valence-corrected chi connectivity index (χ1v) is 7.60. The van der Waals surface area contributed by atoms with Gasteiger partial charge >= 0.3 is 5.97 Å². The number of rotatable bonds is 5. The van der Waals surface area contributed by atoms with Gasteiger partial charge in [0, 0.05) is 12.1 Å². The summed E-state index contributed by atoms with van der Waals surface area (Å²) in [6.45, 7) is -0.487. The van der Waals surface area contributed by atoms with Crippen LogP contribution >= 0.6 is 11.6 Å². The number of amides is 1. The molecule has 0 saturated carbocycles. The first-order chi connectivity index (χ1) is 11.5. The molecular weight excluding hydrogens is 334 g/mol. The first-order valence-electron chi connectivity index (χ1n) is 7.22. The van der Waals surface area contributed by atoms with Crippen LogP contribution in [-0.2, 0) is 16.0 Å². The van der Waals surface area contributed by atoms with Crippen LogP contribution in [0.5, 0.6) is 11.5 Å². The second-order valence-corrected chi connectivity index (χ2v) is 5.64. The summed E-state index contributed by atoms with van der Waals surface area (Å²) >= 11 is 6.03. The minimum atomic E-state index is -1.10. The number of halogens is 1. The normalized spacial score (nSPS) is 15.3. The van der Waals surface area contributed by atoms with E-state index in [1.165, 1.54) is 12.1 Å². The number of para-hydroxylation sites is 1. The van der Waals surface area contributed by atoms with Gasteiger partial charge in [-0.05, 0) is 29.8 Å². The summed E-state index contributed by atoms with van der Waals surface area (Å²) in [5.74, 6) is -0.419. The van der Waals surface area contributed by atoms with Gasteiger partial charge in [-0.1, -0.05) is 29.8 Å². The van der Waals surface area contributed by atoms with Crippen molar-refractivity contribution in [3.8, 4) is 11.5 Å². The van der Waals surface area contributed by atoms with E-state index in [4.69, 9.17) is 26.2 Å². The van der Waals surface area contributed by atoms with E-state index in [1.54, 1.807) is 6.07 Å². The Kier molecular flexibility index (Phi) is 4.57. The molecule has 1 amide bonds. The van der Waals surface area contributed by atoms with E-state index in [0.29, 0.717) is 17.9 Å². The van der Waals surface area contributed by atoms with Gasteiger partial charge < -0.3 is 19.9 Å². The molecule has 24 heavy (non-hydrogen) atoms. The van der Waals surface area contributed by atoms with Crippen LogP contribution in [0.2, 0.25) is 5.02 Å². The van der Waals surface area contributed by atoms with Gasteiger partial charge in [0.05, 0.1) is 5.02 Å². The first kappa shape index (κ1) is 16.1. The molecular formula is C17H14ClNO5. The number of anilines is 1. The zero-order valence-electron chi connectivity index (χ0n) is 12.5. The van der Waals surface area contributed by atoms with E-state index in [1.807, 2.05) is 24.3 Å². The number of ether oxygens (including phenoxy) is 2. The minimum Gasteiger partial charge on any atom is -0.480 e. The molecule has 3 rings (SSSR count). The van der Waals surface area contributed by atoms with Crippen LogP contribution < -0.4 is 14.8 Å². The zero-order valence-corrected chi connectivity index (χ0v) is 13.2. The highest BCUT2D eigenvalue weighted by Crippen LogP contribution is 2.30. The summed E-state index contributed by atoms with van der Waals surface area (Å²) in [7, 11) is 0. The minimum absolute atomic E-state index is 0.213. The molecule has 0 aliphatic carbocycles. The van der Waals surface area contributed by atoms with Gasteiger partial charge in [0.2, 0.25) is 0 Å². The summed E-state index contributed by atoms with van der Waals surface area (Å²) in [5.41, 5.74) is 1.47. The Morgan fingerprint density at radius 2 is 2.08 bits per heavy atom. The molecule has 0 fully saturated rings. The van der Waals surface area contributed by atoms with Crippen LogP contribution in [0.1, 0.15) is 5.56 Å². The monoisotopic (exact) mass is 347 g/mol. The van der Waals surface area contributed by atoms with Crippen LogP contribution in [0.15, 0.2) is 42.5 Å². The van der Waals surface area contributed by atoms with Crippen molar-refractivity contribution < 1.29 is 24.2 Å². The molecule has 1 aliphatic heterocycles. The van der Waals surface area contributed by atoms with E-state index in [0.717, 1.165) is 5.56 Å². The number of hydrogen-bond acceptors (Lipinski definition) is 4. The molecule has 0 radical (unpaired) electrons. The molecule has 7 heteroatoms. The maximum Gasteiger partial charge on any atom is 0.341 e. The lowest BCUT2D eigenvalue weighted by molar-refractivity contribution is -0.139. The molecule has 2 aromatic carbocycles. The van der Waals surface area contributed by atoms with Crippen LogP contribution in [-0.4, -0.2) is 29.7 Å². The molecule has 0 spiro atoms. The Morgan fingerprint density at radius 1 is 1.29 bits per heavy atom. The van der Waals surface area contributed by atoms with Gasteiger partial charge in [-0.25, -0.2) is 4.79 Å². The fourth-order valence-corrected chi connectivity index (χ4v) is 2.62. The molecule has 0 bridgehead atoms.